The maximum Gasteiger partial charge on any atom is 0.174 e. The van der Waals surface area contributed by atoms with Gasteiger partial charge < -0.3 is 9.72 Å². The van der Waals surface area contributed by atoms with E-state index in [-0.39, 0.29) is 19.1 Å². The van der Waals surface area contributed by atoms with Crippen LogP contribution in [0.2, 0.25) is 0 Å². The van der Waals surface area contributed by atoms with Crippen molar-refractivity contribution in [3.05, 3.63) is 65.3 Å². The number of benzene rings is 1. The van der Waals surface area contributed by atoms with Crippen molar-refractivity contribution >= 4 is 26.8 Å². The van der Waals surface area contributed by atoms with Crippen molar-refractivity contribution in [2.75, 3.05) is 6.61 Å². The third-order valence-corrected chi connectivity index (χ3v) is 5.11. The fraction of sp³-hybridized carbons (Fsp3) is 0.143. The monoisotopic (exact) mass is 446 g/mol. The van der Waals surface area contributed by atoms with Crippen molar-refractivity contribution in [3.8, 4) is 29.0 Å². The zero-order chi connectivity index (χ0) is 20.2. The summed E-state index contributed by atoms with van der Waals surface area (Å²) in [4.78, 5) is 7.45. The molecule has 142 valence electrons. The van der Waals surface area contributed by atoms with Gasteiger partial charge in [0.15, 0.2) is 6.61 Å². The molecule has 0 saturated carbocycles. The molecule has 3 aromatic heterocycles. The number of aromatic nitrogens is 4. The largest absolute Gasteiger partial charge is 0.478 e. The van der Waals surface area contributed by atoms with E-state index in [4.69, 9.17) is 10.00 Å². The van der Waals surface area contributed by atoms with Crippen LogP contribution in [0.25, 0.3) is 22.0 Å². The molecule has 0 saturated heterocycles. The van der Waals surface area contributed by atoms with Crippen LogP contribution in [0.5, 0.6) is 5.75 Å². The third-order valence-electron chi connectivity index (χ3n) is 4.62. The lowest BCUT2D eigenvalue weighted by Gasteiger charge is -2.19. The number of H-pyrrole nitrogens is 1. The maximum absolute atomic E-state index is 9.42. The second kappa shape index (κ2) is 8.17. The molecule has 0 aliphatic carbocycles. The minimum atomic E-state index is -0.363. The number of nitrogens with zero attached hydrogens (tertiary/aromatic N) is 5. The van der Waals surface area contributed by atoms with Gasteiger partial charge >= 0.3 is 0 Å². The van der Waals surface area contributed by atoms with Crippen LogP contribution in [-0.2, 0) is 0 Å². The van der Waals surface area contributed by atoms with Crippen molar-refractivity contribution in [1.82, 2.24) is 19.7 Å². The van der Waals surface area contributed by atoms with Crippen LogP contribution in [0.15, 0.2) is 59.7 Å². The topological polar surface area (TPSA) is 103 Å². The molecule has 0 radical (unpaired) electrons. The van der Waals surface area contributed by atoms with Crippen LogP contribution in [0.4, 0.5) is 0 Å². The second-order valence-electron chi connectivity index (χ2n) is 6.34. The van der Waals surface area contributed by atoms with Crippen LogP contribution in [-0.4, -0.2) is 26.4 Å². The van der Waals surface area contributed by atoms with Gasteiger partial charge in [-0.1, -0.05) is 15.9 Å². The van der Waals surface area contributed by atoms with Gasteiger partial charge in [-0.15, -0.1) is 0 Å². The number of aromatic amines is 1. The van der Waals surface area contributed by atoms with Gasteiger partial charge in [-0.3, -0.25) is 9.67 Å². The Morgan fingerprint density at radius 2 is 2.07 bits per heavy atom. The average Bonchev–Trinajstić information content (AvgIpc) is 3.40. The number of hydrogen-bond donors (Lipinski definition) is 1. The molecule has 0 aliphatic heterocycles. The lowest BCUT2D eigenvalue weighted by Crippen LogP contribution is -2.12. The van der Waals surface area contributed by atoms with E-state index in [0.29, 0.717) is 5.75 Å². The van der Waals surface area contributed by atoms with Crippen molar-refractivity contribution in [2.24, 2.45) is 0 Å². The van der Waals surface area contributed by atoms with E-state index in [1.54, 1.807) is 29.3 Å². The first kappa shape index (κ1) is 18.7. The van der Waals surface area contributed by atoms with Gasteiger partial charge in [0.25, 0.3) is 0 Å². The number of halogens is 1. The normalized spacial score (nSPS) is 11.7. The van der Waals surface area contributed by atoms with E-state index in [2.05, 4.69) is 37.1 Å². The van der Waals surface area contributed by atoms with Crippen LogP contribution in [0.1, 0.15) is 18.0 Å². The first-order chi connectivity index (χ1) is 14.2. The van der Waals surface area contributed by atoms with E-state index >= 15 is 0 Å². The molecule has 3 heterocycles. The molecule has 29 heavy (non-hydrogen) atoms. The molecule has 4 rings (SSSR count). The SMILES string of the molecule is N#CCOc1ccc(Br)cc1C(CC#N)n1cc(-c2cncc3[nH]ccc23)cn1. The Hall–Kier alpha value is -3.62. The Labute approximate surface area is 175 Å². The Morgan fingerprint density at radius 3 is 2.90 bits per heavy atom. The minimum Gasteiger partial charge on any atom is -0.478 e. The molecule has 4 aromatic rings. The fourth-order valence-corrected chi connectivity index (χ4v) is 3.69. The highest BCUT2D eigenvalue weighted by atomic mass is 79.9. The molecule has 0 amide bonds. The molecule has 8 heteroatoms. The van der Waals surface area contributed by atoms with Gasteiger partial charge in [0, 0.05) is 45.1 Å². The van der Waals surface area contributed by atoms with E-state index in [9.17, 15) is 5.26 Å². The molecular formula is C21H15BrN6O. The summed E-state index contributed by atoms with van der Waals surface area (Å²) in [6, 6.07) is 11.4. The Morgan fingerprint density at radius 1 is 1.17 bits per heavy atom. The first-order valence-electron chi connectivity index (χ1n) is 8.83. The van der Waals surface area contributed by atoms with E-state index in [1.807, 2.05) is 36.7 Å². The number of hydrogen-bond acceptors (Lipinski definition) is 5. The van der Waals surface area contributed by atoms with Crippen molar-refractivity contribution in [3.63, 3.8) is 0 Å². The van der Waals surface area contributed by atoms with Crippen LogP contribution >= 0.6 is 15.9 Å². The van der Waals surface area contributed by atoms with Crippen LogP contribution in [0.3, 0.4) is 0 Å². The van der Waals surface area contributed by atoms with Crippen LogP contribution in [0, 0.1) is 22.7 Å². The standard InChI is InChI=1S/C21H15BrN6O/c22-15-1-2-21(29-8-6-24)17(9-15)20(3-5-23)28-13-14(10-27-28)18-11-25-12-19-16(18)4-7-26-19/h1-2,4,7,9-13,20,26H,3,8H2. The molecule has 1 atom stereocenters. The third kappa shape index (κ3) is 3.71. The average molecular weight is 447 g/mol. The fourth-order valence-electron chi connectivity index (χ4n) is 3.31. The summed E-state index contributed by atoms with van der Waals surface area (Å²) in [6.07, 6.45) is 9.33. The molecule has 1 N–H and O–H groups in total. The van der Waals surface area contributed by atoms with Crippen molar-refractivity contribution in [2.45, 2.75) is 12.5 Å². The predicted molar refractivity (Wildman–Crippen MR) is 111 cm³/mol. The molecule has 0 fully saturated rings. The van der Waals surface area contributed by atoms with Gasteiger partial charge in [0.2, 0.25) is 0 Å². The van der Waals surface area contributed by atoms with E-state index < -0.39 is 0 Å². The Kier molecular flexibility index (Phi) is 5.28. The second-order valence-corrected chi connectivity index (χ2v) is 7.26. The summed E-state index contributed by atoms with van der Waals surface area (Å²) in [6.45, 7) is -0.0700. The summed E-state index contributed by atoms with van der Waals surface area (Å²) >= 11 is 3.48. The summed E-state index contributed by atoms with van der Waals surface area (Å²) in [5.74, 6) is 0.557. The summed E-state index contributed by atoms with van der Waals surface area (Å²) in [5, 5.41) is 23.9. The molecule has 1 unspecified atom stereocenters. The molecule has 0 spiro atoms. The highest BCUT2D eigenvalue weighted by Gasteiger charge is 2.21. The number of fused-ring (bicyclic) bond motifs is 1. The predicted octanol–water partition coefficient (Wildman–Crippen LogP) is 4.59. The molecule has 7 nitrogen and oxygen atoms in total. The lowest BCUT2D eigenvalue weighted by molar-refractivity contribution is 0.356. The number of rotatable bonds is 6. The zero-order valence-corrected chi connectivity index (χ0v) is 16.8. The van der Waals surface area contributed by atoms with Gasteiger partial charge in [0.1, 0.15) is 11.8 Å². The van der Waals surface area contributed by atoms with Gasteiger partial charge in [-0.05, 0) is 24.3 Å². The zero-order valence-electron chi connectivity index (χ0n) is 15.2. The lowest BCUT2D eigenvalue weighted by atomic mass is 10.0. The molecule has 1 aromatic carbocycles. The smallest absolute Gasteiger partial charge is 0.174 e. The first-order valence-corrected chi connectivity index (χ1v) is 9.62. The Balaban J connectivity index is 1.77. The van der Waals surface area contributed by atoms with Gasteiger partial charge in [0.05, 0.1) is 36.4 Å². The number of ether oxygens (including phenoxy) is 1. The van der Waals surface area contributed by atoms with Crippen LogP contribution < -0.4 is 4.74 Å². The van der Waals surface area contributed by atoms with Crippen molar-refractivity contribution < 1.29 is 4.74 Å². The molecule has 0 bridgehead atoms. The van der Waals surface area contributed by atoms with E-state index in [0.717, 1.165) is 32.1 Å². The maximum atomic E-state index is 9.42. The van der Waals surface area contributed by atoms with Gasteiger partial charge in [-0.2, -0.15) is 15.6 Å². The molecule has 0 aliphatic rings. The highest BCUT2D eigenvalue weighted by Crippen LogP contribution is 2.34. The molecular weight excluding hydrogens is 432 g/mol. The van der Waals surface area contributed by atoms with Crippen molar-refractivity contribution in [1.29, 1.82) is 10.5 Å². The Bertz CT molecular complexity index is 1250. The minimum absolute atomic E-state index is 0.0700. The summed E-state index contributed by atoms with van der Waals surface area (Å²) in [7, 11) is 0. The summed E-state index contributed by atoms with van der Waals surface area (Å²) in [5.41, 5.74) is 3.59. The number of nitriles is 2. The highest BCUT2D eigenvalue weighted by molar-refractivity contribution is 9.10. The van der Waals surface area contributed by atoms with E-state index in [1.165, 1.54) is 0 Å². The summed E-state index contributed by atoms with van der Waals surface area (Å²) < 4.78 is 8.19. The van der Waals surface area contributed by atoms with Gasteiger partial charge in [-0.25, -0.2) is 0 Å². The number of pyridine rings is 1. The quantitative estimate of drug-likeness (QED) is 0.466. The number of nitrogens with one attached hydrogen (secondary N) is 1.